The summed E-state index contributed by atoms with van der Waals surface area (Å²) >= 11 is 0. The van der Waals surface area contributed by atoms with Crippen molar-refractivity contribution in [3.8, 4) is 28.8 Å². The van der Waals surface area contributed by atoms with E-state index in [1.54, 1.807) is 36.4 Å². The standard InChI is InChI=1S/C20H16N2O3/c21-12-14-4-8-16(9-5-14)25-17-10-6-15(7-11-17)18-2-1-3-19(22-18)20(24)13-23/h1-11,20,23-24H,13H2/t20-/m1/s1. The molecule has 0 amide bonds. The van der Waals surface area contributed by atoms with Crippen LogP contribution in [0.15, 0.2) is 66.7 Å². The predicted octanol–water partition coefficient (Wildman–Crippen LogP) is 3.44. The van der Waals surface area contributed by atoms with Crippen LogP contribution in [0.5, 0.6) is 11.5 Å². The van der Waals surface area contributed by atoms with Crippen molar-refractivity contribution in [1.29, 1.82) is 5.26 Å². The summed E-state index contributed by atoms with van der Waals surface area (Å²) in [5, 5.41) is 27.5. The fourth-order valence-electron chi connectivity index (χ4n) is 2.32. The normalized spacial score (nSPS) is 11.6. The Morgan fingerprint density at radius 2 is 1.60 bits per heavy atom. The topological polar surface area (TPSA) is 86.4 Å². The summed E-state index contributed by atoms with van der Waals surface area (Å²) in [5.74, 6) is 1.32. The van der Waals surface area contributed by atoms with Crippen molar-refractivity contribution >= 4 is 0 Å². The smallest absolute Gasteiger partial charge is 0.127 e. The Morgan fingerprint density at radius 3 is 2.20 bits per heavy atom. The van der Waals surface area contributed by atoms with Gasteiger partial charge in [-0.2, -0.15) is 5.26 Å². The van der Waals surface area contributed by atoms with Crippen molar-refractivity contribution in [2.45, 2.75) is 6.10 Å². The molecule has 0 radical (unpaired) electrons. The SMILES string of the molecule is N#Cc1ccc(Oc2ccc(-c3cccc([C@H](O)CO)n3)cc2)cc1. The molecule has 3 aromatic rings. The van der Waals surface area contributed by atoms with Gasteiger partial charge in [-0.05, 0) is 60.7 Å². The molecule has 5 heteroatoms. The van der Waals surface area contributed by atoms with Crippen LogP contribution in [0, 0.1) is 11.3 Å². The number of hydrogen-bond donors (Lipinski definition) is 2. The zero-order valence-corrected chi connectivity index (χ0v) is 13.3. The second kappa shape index (κ2) is 7.58. The third kappa shape index (κ3) is 4.01. The lowest BCUT2D eigenvalue weighted by atomic mass is 10.1. The Balaban J connectivity index is 1.77. The summed E-state index contributed by atoms with van der Waals surface area (Å²) in [6.45, 7) is -0.367. The zero-order chi connectivity index (χ0) is 17.6. The maximum absolute atomic E-state index is 9.69. The highest BCUT2D eigenvalue weighted by Gasteiger charge is 2.09. The van der Waals surface area contributed by atoms with Gasteiger partial charge in [-0.25, -0.2) is 4.98 Å². The molecule has 1 heterocycles. The molecule has 0 aliphatic heterocycles. The minimum Gasteiger partial charge on any atom is -0.457 e. The molecule has 25 heavy (non-hydrogen) atoms. The van der Waals surface area contributed by atoms with E-state index in [4.69, 9.17) is 15.1 Å². The Kier molecular flexibility index (Phi) is 5.05. The van der Waals surface area contributed by atoms with E-state index in [1.165, 1.54) is 0 Å². The highest BCUT2D eigenvalue weighted by Crippen LogP contribution is 2.26. The molecule has 0 bridgehead atoms. The molecule has 5 nitrogen and oxygen atoms in total. The maximum atomic E-state index is 9.69. The van der Waals surface area contributed by atoms with Crippen molar-refractivity contribution in [1.82, 2.24) is 4.98 Å². The van der Waals surface area contributed by atoms with Crippen LogP contribution in [0.4, 0.5) is 0 Å². The Labute approximate surface area is 145 Å². The minimum atomic E-state index is -0.987. The van der Waals surface area contributed by atoms with Crippen LogP contribution in [-0.2, 0) is 0 Å². The summed E-state index contributed by atoms with van der Waals surface area (Å²) < 4.78 is 5.75. The fraction of sp³-hybridized carbons (Fsp3) is 0.100. The number of aliphatic hydroxyl groups is 2. The molecule has 0 saturated carbocycles. The first-order chi connectivity index (χ1) is 12.2. The molecule has 0 saturated heterocycles. The van der Waals surface area contributed by atoms with Gasteiger partial charge in [-0.3, -0.25) is 0 Å². The Hall–Kier alpha value is -3.20. The van der Waals surface area contributed by atoms with Crippen LogP contribution >= 0.6 is 0 Å². The van der Waals surface area contributed by atoms with Gasteiger partial charge in [-0.1, -0.05) is 6.07 Å². The van der Waals surface area contributed by atoms with E-state index in [9.17, 15) is 5.11 Å². The summed E-state index contributed by atoms with van der Waals surface area (Å²) in [6.07, 6.45) is -0.987. The Morgan fingerprint density at radius 1 is 0.960 bits per heavy atom. The molecule has 1 aromatic heterocycles. The molecule has 1 atom stereocenters. The van der Waals surface area contributed by atoms with Gasteiger partial charge in [0.2, 0.25) is 0 Å². The predicted molar refractivity (Wildman–Crippen MR) is 92.9 cm³/mol. The first-order valence-electron chi connectivity index (χ1n) is 7.74. The first-order valence-corrected chi connectivity index (χ1v) is 7.74. The zero-order valence-electron chi connectivity index (χ0n) is 13.3. The van der Waals surface area contributed by atoms with E-state index in [0.29, 0.717) is 28.5 Å². The van der Waals surface area contributed by atoms with Crippen LogP contribution < -0.4 is 4.74 Å². The van der Waals surface area contributed by atoms with Gasteiger partial charge in [0.1, 0.15) is 17.6 Å². The third-order valence-corrected chi connectivity index (χ3v) is 3.65. The van der Waals surface area contributed by atoms with E-state index in [1.807, 2.05) is 30.3 Å². The molecular weight excluding hydrogens is 316 g/mol. The molecular formula is C20H16N2O3. The van der Waals surface area contributed by atoms with Crippen LogP contribution in [0.2, 0.25) is 0 Å². The van der Waals surface area contributed by atoms with E-state index >= 15 is 0 Å². The number of pyridine rings is 1. The lowest BCUT2D eigenvalue weighted by molar-refractivity contribution is 0.0923. The molecule has 0 spiro atoms. The fourth-order valence-corrected chi connectivity index (χ4v) is 2.32. The second-order valence-electron chi connectivity index (χ2n) is 5.41. The second-order valence-corrected chi connectivity index (χ2v) is 5.41. The van der Waals surface area contributed by atoms with Crippen LogP contribution in [0.3, 0.4) is 0 Å². The number of ether oxygens (including phenoxy) is 1. The number of nitriles is 1. The molecule has 124 valence electrons. The third-order valence-electron chi connectivity index (χ3n) is 3.65. The van der Waals surface area contributed by atoms with E-state index < -0.39 is 6.10 Å². The largest absolute Gasteiger partial charge is 0.457 e. The highest BCUT2D eigenvalue weighted by atomic mass is 16.5. The summed E-state index contributed by atoms with van der Waals surface area (Å²) in [7, 11) is 0. The van der Waals surface area contributed by atoms with Gasteiger partial charge >= 0.3 is 0 Å². The molecule has 0 aliphatic carbocycles. The number of rotatable bonds is 5. The molecule has 0 fully saturated rings. The van der Waals surface area contributed by atoms with Gasteiger partial charge < -0.3 is 14.9 Å². The lowest BCUT2D eigenvalue weighted by Crippen LogP contribution is -2.05. The molecule has 0 unspecified atom stereocenters. The average Bonchev–Trinajstić information content (AvgIpc) is 2.68. The number of aromatic nitrogens is 1. The number of aliphatic hydroxyl groups excluding tert-OH is 2. The summed E-state index contributed by atoms with van der Waals surface area (Å²) in [5.41, 5.74) is 2.59. The quantitative estimate of drug-likeness (QED) is 0.747. The van der Waals surface area contributed by atoms with Crippen molar-refractivity contribution in [2.24, 2.45) is 0 Å². The van der Waals surface area contributed by atoms with Crippen molar-refractivity contribution in [3.63, 3.8) is 0 Å². The molecule has 2 N–H and O–H groups in total. The summed E-state index contributed by atoms with van der Waals surface area (Å²) in [4.78, 5) is 4.37. The van der Waals surface area contributed by atoms with Gasteiger partial charge in [0.15, 0.2) is 0 Å². The Bertz CT molecular complexity index is 884. The van der Waals surface area contributed by atoms with Gasteiger partial charge in [0.05, 0.1) is 29.6 Å². The lowest BCUT2D eigenvalue weighted by Gasteiger charge is -2.09. The minimum absolute atomic E-state index is 0.367. The first kappa shape index (κ1) is 16.7. The van der Waals surface area contributed by atoms with Crippen molar-refractivity contribution in [3.05, 3.63) is 78.0 Å². The molecule has 0 aliphatic rings. The van der Waals surface area contributed by atoms with E-state index in [2.05, 4.69) is 11.1 Å². The van der Waals surface area contributed by atoms with E-state index in [-0.39, 0.29) is 6.61 Å². The van der Waals surface area contributed by atoms with Gasteiger partial charge in [-0.15, -0.1) is 0 Å². The van der Waals surface area contributed by atoms with Gasteiger partial charge in [0.25, 0.3) is 0 Å². The highest BCUT2D eigenvalue weighted by molar-refractivity contribution is 5.60. The number of nitrogens with zero attached hydrogens (tertiary/aromatic N) is 2. The number of benzene rings is 2. The van der Waals surface area contributed by atoms with E-state index in [0.717, 1.165) is 5.56 Å². The van der Waals surface area contributed by atoms with Crippen molar-refractivity contribution in [2.75, 3.05) is 6.61 Å². The number of hydrogen-bond acceptors (Lipinski definition) is 5. The molecule has 2 aromatic carbocycles. The van der Waals surface area contributed by atoms with Gasteiger partial charge in [0, 0.05) is 5.56 Å². The summed E-state index contributed by atoms with van der Waals surface area (Å²) in [6, 6.07) is 21.6. The van der Waals surface area contributed by atoms with Crippen LogP contribution in [0.1, 0.15) is 17.4 Å². The molecule has 3 rings (SSSR count). The van der Waals surface area contributed by atoms with Crippen LogP contribution in [0.25, 0.3) is 11.3 Å². The van der Waals surface area contributed by atoms with Crippen molar-refractivity contribution < 1.29 is 14.9 Å². The monoisotopic (exact) mass is 332 g/mol. The van der Waals surface area contributed by atoms with Crippen LogP contribution in [-0.4, -0.2) is 21.8 Å². The average molecular weight is 332 g/mol. The maximum Gasteiger partial charge on any atom is 0.127 e.